The van der Waals surface area contributed by atoms with Crippen molar-refractivity contribution in [1.82, 2.24) is 5.32 Å². The molecule has 4 aliphatic rings. The number of fused-ring (bicyclic) bond motifs is 2. The molecule has 192 valence electrons. The highest BCUT2D eigenvalue weighted by atomic mass is 16.6. The van der Waals surface area contributed by atoms with Crippen LogP contribution in [0.1, 0.15) is 46.1 Å². The number of carbonyl (C=O) groups is 3. The zero-order valence-corrected chi connectivity index (χ0v) is 21.6. The lowest BCUT2D eigenvalue weighted by Crippen LogP contribution is -2.61. The number of nitrogens with one attached hydrogen (secondary N) is 1. The number of ketones is 1. The highest BCUT2D eigenvalue weighted by Crippen LogP contribution is 2.63. The van der Waals surface area contributed by atoms with Gasteiger partial charge in [0.05, 0.1) is 31.2 Å². The van der Waals surface area contributed by atoms with Crippen LogP contribution in [-0.2, 0) is 30.3 Å². The Hall–Kier alpha value is -2.93. The molecule has 1 aliphatic carbocycles. The maximum absolute atomic E-state index is 13.9. The summed E-state index contributed by atoms with van der Waals surface area (Å²) in [4.78, 5) is 39.7. The maximum atomic E-state index is 13.9. The third-order valence-electron chi connectivity index (χ3n) is 8.89. The van der Waals surface area contributed by atoms with Crippen molar-refractivity contribution in [2.24, 2.45) is 23.7 Å². The molecule has 1 spiro atoms. The van der Waals surface area contributed by atoms with E-state index in [1.807, 2.05) is 43.3 Å². The maximum Gasteiger partial charge on any atom is 0.310 e. The molecule has 1 N–H and O–H groups in total. The third kappa shape index (κ3) is 3.79. The molecule has 36 heavy (non-hydrogen) atoms. The number of hydrogen-bond acceptors (Lipinski definition) is 6. The van der Waals surface area contributed by atoms with Gasteiger partial charge < -0.3 is 19.5 Å². The molecule has 1 amide bonds. The van der Waals surface area contributed by atoms with Gasteiger partial charge in [-0.15, -0.1) is 0 Å². The first-order valence-corrected chi connectivity index (χ1v) is 12.8. The predicted octanol–water partition coefficient (Wildman–Crippen LogP) is 3.56. The van der Waals surface area contributed by atoms with E-state index in [0.717, 1.165) is 11.3 Å². The fourth-order valence-electron chi connectivity index (χ4n) is 6.64. The lowest BCUT2D eigenvalue weighted by atomic mass is 9.59. The van der Waals surface area contributed by atoms with Gasteiger partial charge in [0.2, 0.25) is 5.60 Å². The van der Waals surface area contributed by atoms with Gasteiger partial charge in [-0.3, -0.25) is 14.4 Å². The number of Topliss-reactive ketones (excluding diaryl/α,β-unsaturated/α-hetero) is 1. The van der Waals surface area contributed by atoms with Gasteiger partial charge in [-0.2, -0.15) is 0 Å². The molecule has 0 unspecified atom stereocenters. The smallest absolute Gasteiger partial charge is 0.310 e. The van der Waals surface area contributed by atoms with Gasteiger partial charge in [0, 0.05) is 17.9 Å². The van der Waals surface area contributed by atoms with Gasteiger partial charge in [-0.25, -0.2) is 0 Å². The summed E-state index contributed by atoms with van der Waals surface area (Å²) in [5.41, 5.74) is -0.164. The normalized spacial score (nSPS) is 42.2. The fraction of sp³-hybridized carbons (Fsp3) is 0.552. The van der Waals surface area contributed by atoms with Gasteiger partial charge in [0.25, 0.3) is 5.91 Å². The van der Waals surface area contributed by atoms with Crippen molar-refractivity contribution in [2.45, 2.75) is 70.3 Å². The van der Waals surface area contributed by atoms with Crippen LogP contribution in [-0.4, -0.2) is 48.1 Å². The van der Waals surface area contributed by atoms with E-state index in [4.69, 9.17) is 14.2 Å². The van der Waals surface area contributed by atoms with E-state index in [0.29, 0.717) is 18.4 Å². The quantitative estimate of drug-likeness (QED) is 0.393. The average Bonchev–Trinajstić information content (AvgIpc) is 3.48. The molecule has 5 rings (SSSR count). The number of benzene rings is 1. The van der Waals surface area contributed by atoms with E-state index in [1.165, 1.54) is 0 Å². The minimum absolute atomic E-state index is 0.0172. The molecule has 0 radical (unpaired) electrons. The van der Waals surface area contributed by atoms with Crippen LogP contribution in [0.15, 0.2) is 48.1 Å². The van der Waals surface area contributed by atoms with Crippen molar-refractivity contribution in [2.75, 3.05) is 7.11 Å². The van der Waals surface area contributed by atoms with Gasteiger partial charge in [-0.05, 0) is 55.9 Å². The number of rotatable bonds is 3. The van der Waals surface area contributed by atoms with Crippen LogP contribution in [0.4, 0.5) is 0 Å². The van der Waals surface area contributed by atoms with Crippen molar-refractivity contribution >= 4 is 17.7 Å². The van der Waals surface area contributed by atoms with Crippen molar-refractivity contribution in [3.63, 3.8) is 0 Å². The highest BCUT2D eigenvalue weighted by Gasteiger charge is 2.78. The minimum Gasteiger partial charge on any atom is -0.497 e. The monoisotopic (exact) mass is 493 g/mol. The molecule has 8 atom stereocenters. The second-order valence-corrected chi connectivity index (χ2v) is 11.0. The summed E-state index contributed by atoms with van der Waals surface area (Å²) >= 11 is 0. The second kappa shape index (κ2) is 8.87. The van der Waals surface area contributed by atoms with E-state index in [2.05, 4.69) is 19.2 Å². The van der Waals surface area contributed by atoms with Gasteiger partial charge >= 0.3 is 5.97 Å². The number of carbonyl (C=O) groups excluding carboxylic acids is 3. The Labute approximate surface area is 212 Å². The van der Waals surface area contributed by atoms with Crippen LogP contribution >= 0.6 is 0 Å². The second-order valence-electron chi connectivity index (χ2n) is 11.0. The number of amides is 1. The standard InChI is InChI=1S/C29H35NO6/c1-16-7-6-8-21-26-28(4,36-26)18(3)24-22(15-19-10-12-20(34-5)13-11-19)30-27(33)29(21,24)35-23(31)14-9-17(2)25(16)32/h6,8-13,16,18,21-22,24,26H,7,14-15H2,1-5H3,(H,30,33)/b8-6+,17-9-/t16-,18-,21-,22-,24-,26-,28+,29+/m0/s1. The summed E-state index contributed by atoms with van der Waals surface area (Å²) in [5, 5.41) is 3.20. The van der Waals surface area contributed by atoms with E-state index in [-0.39, 0.29) is 48.0 Å². The SMILES string of the molecule is COc1ccc(C[C@@H]2NC(=O)[C@@]34OC(=O)C/C=C(/C)C(=O)[C@@H](C)C/C=C/[C@H]3[C@@H]3O[C@]3(C)[C@@H](C)[C@@H]24)cc1. The molecule has 0 bridgehead atoms. The molecular weight excluding hydrogens is 458 g/mol. The molecule has 1 aromatic carbocycles. The van der Waals surface area contributed by atoms with E-state index in [1.54, 1.807) is 20.1 Å². The van der Waals surface area contributed by atoms with Crippen molar-refractivity contribution in [1.29, 1.82) is 0 Å². The Morgan fingerprint density at radius 3 is 2.56 bits per heavy atom. The predicted molar refractivity (Wildman–Crippen MR) is 133 cm³/mol. The van der Waals surface area contributed by atoms with Crippen LogP contribution in [0.3, 0.4) is 0 Å². The zero-order valence-electron chi connectivity index (χ0n) is 21.6. The van der Waals surface area contributed by atoms with Crippen LogP contribution in [0.25, 0.3) is 0 Å². The summed E-state index contributed by atoms with van der Waals surface area (Å²) in [6.45, 7) is 7.80. The number of esters is 1. The first kappa shape index (κ1) is 24.8. The van der Waals surface area contributed by atoms with E-state index < -0.39 is 23.1 Å². The molecule has 3 aliphatic heterocycles. The van der Waals surface area contributed by atoms with Crippen molar-refractivity contribution in [3.05, 3.63) is 53.6 Å². The van der Waals surface area contributed by atoms with Crippen LogP contribution in [0.2, 0.25) is 0 Å². The summed E-state index contributed by atoms with van der Waals surface area (Å²) in [6, 6.07) is 7.59. The third-order valence-corrected chi connectivity index (χ3v) is 8.89. The largest absolute Gasteiger partial charge is 0.497 e. The molecule has 3 fully saturated rings. The summed E-state index contributed by atoms with van der Waals surface area (Å²) in [7, 11) is 1.63. The molecule has 7 nitrogen and oxygen atoms in total. The fourth-order valence-corrected chi connectivity index (χ4v) is 6.64. The molecule has 0 aromatic heterocycles. The molecule has 1 saturated carbocycles. The minimum atomic E-state index is -1.36. The first-order chi connectivity index (χ1) is 17.1. The molecule has 7 heteroatoms. The number of hydrogen-bond donors (Lipinski definition) is 1. The molecule has 2 saturated heterocycles. The Kier molecular flexibility index (Phi) is 6.10. The topological polar surface area (TPSA) is 94.2 Å². The van der Waals surface area contributed by atoms with E-state index >= 15 is 0 Å². The van der Waals surface area contributed by atoms with Gasteiger partial charge in [0.15, 0.2) is 5.78 Å². The summed E-state index contributed by atoms with van der Waals surface area (Å²) in [6.07, 6.45) is 6.40. The van der Waals surface area contributed by atoms with Gasteiger partial charge in [-0.1, -0.05) is 44.2 Å². The lowest BCUT2D eigenvalue weighted by Gasteiger charge is -2.46. The molecule has 3 heterocycles. The van der Waals surface area contributed by atoms with Crippen LogP contribution in [0.5, 0.6) is 5.75 Å². The molecular formula is C29H35NO6. The number of epoxide rings is 1. The molecule has 1 aromatic rings. The summed E-state index contributed by atoms with van der Waals surface area (Å²) < 4.78 is 17.8. The highest BCUT2D eigenvalue weighted by molar-refractivity contribution is 5.97. The number of allylic oxidation sites excluding steroid dienone is 2. The average molecular weight is 494 g/mol. The number of ether oxygens (including phenoxy) is 3. The van der Waals surface area contributed by atoms with Crippen molar-refractivity contribution < 1.29 is 28.6 Å². The summed E-state index contributed by atoms with van der Waals surface area (Å²) in [5.74, 6) is -0.920. The van der Waals surface area contributed by atoms with Crippen LogP contribution < -0.4 is 10.1 Å². The Bertz CT molecular complexity index is 1140. The first-order valence-electron chi connectivity index (χ1n) is 12.8. The van der Waals surface area contributed by atoms with Crippen molar-refractivity contribution in [3.8, 4) is 5.75 Å². The van der Waals surface area contributed by atoms with E-state index in [9.17, 15) is 14.4 Å². The number of methoxy groups -OCH3 is 1. The zero-order chi connectivity index (χ0) is 25.8. The Morgan fingerprint density at radius 2 is 1.86 bits per heavy atom. The lowest BCUT2D eigenvalue weighted by molar-refractivity contribution is -0.181. The Morgan fingerprint density at radius 1 is 1.14 bits per heavy atom. The Balaban J connectivity index is 1.55. The van der Waals surface area contributed by atoms with Gasteiger partial charge in [0.1, 0.15) is 5.75 Å². The van der Waals surface area contributed by atoms with Crippen LogP contribution in [0, 0.1) is 23.7 Å².